The predicted molar refractivity (Wildman–Crippen MR) is 95.8 cm³/mol. The molecule has 0 fully saturated rings. The van der Waals surface area contributed by atoms with Crippen molar-refractivity contribution in [3.05, 3.63) is 50.7 Å². The van der Waals surface area contributed by atoms with E-state index in [-0.39, 0.29) is 10.7 Å². The molecule has 0 aliphatic carbocycles. The number of carboxylic acids is 1. The Morgan fingerprint density at radius 3 is 2.60 bits per heavy atom. The highest BCUT2D eigenvalue weighted by atomic mass is 35.5. The number of carbonyl (C=O) groups is 2. The SMILES string of the molecule is CCCOc1c(Cl)cc(/C=C/C(=O)c2ccc(C(=O)[O-])s2)cc1OC. The molecule has 5 nitrogen and oxygen atoms in total. The van der Waals surface area contributed by atoms with E-state index in [9.17, 15) is 14.7 Å². The number of carboxylic acid groups (broad SMARTS) is 1. The number of thiophene rings is 1. The molecule has 2 aromatic rings. The molecule has 0 N–H and O–H groups in total. The van der Waals surface area contributed by atoms with Gasteiger partial charge in [-0.05, 0) is 42.3 Å². The Labute approximate surface area is 154 Å². The summed E-state index contributed by atoms with van der Waals surface area (Å²) >= 11 is 7.10. The average molecular weight is 380 g/mol. The number of rotatable bonds is 8. The molecule has 25 heavy (non-hydrogen) atoms. The van der Waals surface area contributed by atoms with E-state index in [0.717, 1.165) is 17.8 Å². The molecule has 0 atom stereocenters. The highest BCUT2D eigenvalue weighted by Crippen LogP contribution is 2.37. The van der Waals surface area contributed by atoms with E-state index in [0.29, 0.717) is 33.6 Å². The Balaban J connectivity index is 2.20. The number of carbonyl (C=O) groups excluding carboxylic acids is 2. The maximum absolute atomic E-state index is 12.1. The van der Waals surface area contributed by atoms with Crippen molar-refractivity contribution >= 4 is 40.8 Å². The summed E-state index contributed by atoms with van der Waals surface area (Å²) in [7, 11) is 1.51. The molecule has 132 valence electrons. The van der Waals surface area contributed by atoms with E-state index in [1.54, 1.807) is 18.2 Å². The third-order valence-corrected chi connectivity index (χ3v) is 4.54. The van der Waals surface area contributed by atoms with Gasteiger partial charge in [0.05, 0.1) is 34.5 Å². The fourth-order valence-corrected chi connectivity index (χ4v) is 3.05. The van der Waals surface area contributed by atoms with Crippen molar-refractivity contribution < 1.29 is 24.2 Å². The van der Waals surface area contributed by atoms with Crippen molar-refractivity contribution in [1.82, 2.24) is 0 Å². The first-order valence-corrected chi connectivity index (χ1v) is 8.69. The van der Waals surface area contributed by atoms with E-state index in [2.05, 4.69) is 0 Å². The van der Waals surface area contributed by atoms with Crippen LogP contribution in [0, 0.1) is 0 Å². The third-order valence-electron chi connectivity index (χ3n) is 3.18. The first kappa shape index (κ1) is 19.0. The number of allylic oxidation sites excluding steroid dienone is 1. The molecule has 1 heterocycles. The van der Waals surface area contributed by atoms with Gasteiger partial charge in [-0.1, -0.05) is 24.6 Å². The van der Waals surface area contributed by atoms with Gasteiger partial charge in [0.1, 0.15) is 0 Å². The van der Waals surface area contributed by atoms with Crippen molar-refractivity contribution in [2.45, 2.75) is 13.3 Å². The summed E-state index contributed by atoms with van der Waals surface area (Å²) in [5.74, 6) is -0.666. The minimum atomic E-state index is -1.30. The van der Waals surface area contributed by atoms with Crippen LogP contribution in [0.4, 0.5) is 0 Å². The largest absolute Gasteiger partial charge is 0.544 e. The zero-order valence-electron chi connectivity index (χ0n) is 13.7. The normalized spacial score (nSPS) is 10.8. The number of methoxy groups -OCH3 is 1. The molecule has 0 unspecified atom stereocenters. The van der Waals surface area contributed by atoms with Crippen molar-refractivity contribution in [3.63, 3.8) is 0 Å². The second-order valence-electron chi connectivity index (χ2n) is 5.03. The highest BCUT2D eigenvalue weighted by Gasteiger charge is 2.12. The van der Waals surface area contributed by atoms with E-state index in [1.807, 2.05) is 6.92 Å². The van der Waals surface area contributed by atoms with Crippen LogP contribution in [0.3, 0.4) is 0 Å². The summed E-state index contributed by atoms with van der Waals surface area (Å²) in [5.41, 5.74) is 0.663. The number of ether oxygens (including phenoxy) is 2. The highest BCUT2D eigenvalue weighted by molar-refractivity contribution is 7.16. The topological polar surface area (TPSA) is 75.7 Å². The molecular weight excluding hydrogens is 364 g/mol. The van der Waals surface area contributed by atoms with Crippen LogP contribution in [0.5, 0.6) is 11.5 Å². The van der Waals surface area contributed by atoms with Gasteiger partial charge in [0.15, 0.2) is 17.3 Å². The summed E-state index contributed by atoms with van der Waals surface area (Å²) in [6.07, 6.45) is 3.77. The van der Waals surface area contributed by atoms with E-state index in [1.165, 1.54) is 25.3 Å². The summed E-state index contributed by atoms with van der Waals surface area (Å²) in [5, 5.41) is 11.1. The Bertz CT molecular complexity index is 810. The predicted octanol–water partition coefficient (Wildman–Crippen LogP) is 3.46. The second-order valence-corrected chi connectivity index (χ2v) is 6.52. The molecule has 0 aliphatic heterocycles. The zero-order valence-corrected chi connectivity index (χ0v) is 15.3. The van der Waals surface area contributed by atoms with E-state index >= 15 is 0 Å². The summed E-state index contributed by atoms with van der Waals surface area (Å²) in [4.78, 5) is 23.2. The van der Waals surface area contributed by atoms with Crippen LogP contribution in [0.2, 0.25) is 5.02 Å². The molecule has 1 aromatic carbocycles. The van der Waals surface area contributed by atoms with E-state index < -0.39 is 5.97 Å². The Hall–Kier alpha value is -2.31. The van der Waals surface area contributed by atoms with Crippen LogP contribution in [0.25, 0.3) is 6.08 Å². The van der Waals surface area contributed by atoms with Crippen molar-refractivity contribution in [2.24, 2.45) is 0 Å². The van der Waals surface area contributed by atoms with Gasteiger partial charge in [-0.15, -0.1) is 11.3 Å². The first-order chi connectivity index (χ1) is 12.0. The smallest absolute Gasteiger partial charge is 0.195 e. The van der Waals surface area contributed by atoms with Gasteiger partial charge in [-0.2, -0.15) is 0 Å². The number of halogens is 1. The van der Waals surface area contributed by atoms with Gasteiger partial charge in [-0.3, -0.25) is 4.79 Å². The fraction of sp³-hybridized carbons (Fsp3) is 0.222. The maximum atomic E-state index is 12.1. The minimum Gasteiger partial charge on any atom is -0.544 e. The lowest BCUT2D eigenvalue weighted by atomic mass is 10.1. The van der Waals surface area contributed by atoms with Crippen LogP contribution in [0.1, 0.15) is 38.3 Å². The molecule has 0 aliphatic rings. The molecule has 2 rings (SSSR count). The fourth-order valence-electron chi connectivity index (χ4n) is 2.01. The van der Waals surface area contributed by atoms with Crippen LogP contribution in [-0.4, -0.2) is 25.5 Å². The zero-order chi connectivity index (χ0) is 18.4. The monoisotopic (exact) mass is 379 g/mol. The lowest BCUT2D eigenvalue weighted by molar-refractivity contribution is -0.254. The number of hydrogen-bond acceptors (Lipinski definition) is 6. The molecular formula is C18H16ClO5S-. The Kier molecular flexibility index (Phi) is 6.61. The minimum absolute atomic E-state index is 0.0129. The quantitative estimate of drug-likeness (QED) is 0.518. The number of aromatic carboxylic acids is 1. The van der Waals surface area contributed by atoms with Crippen LogP contribution in [0.15, 0.2) is 30.3 Å². The van der Waals surface area contributed by atoms with Gasteiger partial charge < -0.3 is 19.4 Å². The van der Waals surface area contributed by atoms with Crippen molar-refractivity contribution in [3.8, 4) is 11.5 Å². The van der Waals surface area contributed by atoms with E-state index in [4.69, 9.17) is 21.1 Å². The molecule has 1 aromatic heterocycles. The van der Waals surface area contributed by atoms with Crippen LogP contribution >= 0.6 is 22.9 Å². The number of ketones is 1. The van der Waals surface area contributed by atoms with Gasteiger partial charge >= 0.3 is 0 Å². The maximum Gasteiger partial charge on any atom is 0.195 e. The number of benzene rings is 1. The van der Waals surface area contributed by atoms with Crippen molar-refractivity contribution in [1.29, 1.82) is 0 Å². The number of hydrogen-bond donors (Lipinski definition) is 0. The van der Waals surface area contributed by atoms with Gasteiger partial charge in [-0.25, -0.2) is 0 Å². The molecule has 0 saturated carbocycles. The average Bonchev–Trinajstić information content (AvgIpc) is 3.08. The first-order valence-electron chi connectivity index (χ1n) is 7.50. The van der Waals surface area contributed by atoms with Crippen molar-refractivity contribution in [2.75, 3.05) is 13.7 Å². The molecule has 0 radical (unpaired) electrons. The summed E-state index contributed by atoms with van der Waals surface area (Å²) in [6.45, 7) is 2.50. The van der Waals surface area contributed by atoms with Gasteiger partial charge in [0.25, 0.3) is 0 Å². The molecule has 0 spiro atoms. The summed E-state index contributed by atoms with van der Waals surface area (Å²) in [6, 6.07) is 6.18. The molecule has 0 bridgehead atoms. The second kappa shape index (κ2) is 8.69. The van der Waals surface area contributed by atoms with Gasteiger partial charge in [0, 0.05) is 0 Å². The Morgan fingerprint density at radius 2 is 2.00 bits per heavy atom. The molecule has 7 heteroatoms. The summed E-state index contributed by atoms with van der Waals surface area (Å²) < 4.78 is 10.9. The van der Waals surface area contributed by atoms with Crippen LogP contribution < -0.4 is 14.6 Å². The molecule has 0 amide bonds. The standard InChI is InChI=1S/C18H17ClO5S/c1-3-8-24-17-12(19)9-11(10-14(17)23-2)4-5-13(20)15-6-7-16(25-15)18(21)22/h4-7,9-10H,3,8H2,1-2H3,(H,21,22)/p-1/b5-4+. The van der Waals surface area contributed by atoms with Crippen LogP contribution in [-0.2, 0) is 0 Å². The Morgan fingerprint density at radius 1 is 1.28 bits per heavy atom. The van der Waals surface area contributed by atoms with Gasteiger partial charge in [0.2, 0.25) is 0 Å². The molecule has 0 saturated heterocycles. The lowest BCUT2D eigenvalue weighted by Crippen LogP contribution is -2.20. The third kappa shape index (κ3) is 4.84. The lowest BCUT2D eigenvalue weighted by Gasteiger charge is -2.12.